The van der Waals surface area contributed by atoms with Gasteiger partial charge < -0.3 is 15.0 Å². The van der Waals surface area contributed by atoms with Gasteiger partial charge in [0.1, 0.15) is 5.60 Å². The molecule has 0 aromatic heterocycles. The van der Waals surface area contributed by atoms with E-state index >= 15 is 0 Å². The molecule has 1 amide bonds. The number of carbonyl (C=O) groups excluding carboxylic acids is 1. The molecule has 5 heteroatoms. The third kappa shape index (κ3) is 3.44. The number of halogens is 1. The molecule has 4 nitrogen and oxygen atoms in total. The van der Waals surface area contributed by atoms with Gasteiger partial charge in [-0.3, -0.25) is 4.79 Å². The van der Waals surface area contributed by atoms with Crippen LogP contribution < -0.4 is 5.32 Å². The monoisotopic (exact) mass is 330 g/mol. The topological polar surface area (TPSA) is 41.6 Å². The van der Waals surface area contributed by atoms with E-state index in [4.69, 9.17) is 4.74 Å². The second-order valence-electron chi connectivity index (χ2n) is 7.30. The molecular weight excluding hydrogens is 300 g/mol. The lowest BCUT2D eigenvalue weighted by molar-refractivity contribution is -0.161. The van der Waals surface area contributed by atoms with Crippen molar-refractivity contribution in [2.45, 2.75) is 63.4 Å². The van der Waals surface area contributed by atoms with E-state index in [1.165, 1.54) is 44.9 Å². The Labute approximate surface area is 140 Å². The number of nitrogens with zero attached hydrogens (tertiary/aromatic N) is 1. The maximum absolute atomic E-state index is 13.0. The van der Waals surface area contributed by atoms with E-state index in [1.54, 1.807) is 7.11 Å². The lowest BCUT2D eigenvalue weighted by atomic mass is 9.68. The number of likely N-dealkylation sites (tertiary alicyclic amines) is 1. The van der Waals surface area contributed by atoms with Gasteiger partial charge in [0.25, 0.3) is 5.91 Å². The fraction of sp³-hybridized carbons (Fsp3) is 0.941. The van der Waals surface area contributed by atoms with Crippen LogP contribution in [-0.4, -0.2) is 49.7 Å². The Kier molecular flexibility index (Phi) is 6.14. The molecule has 0 aromatic rings. The first-order chi connectivity index (χ1) is 10.2. The molecule has 2 aliphatic heterocycles. The maximum Gasteiger partial charge on any atom is 0.254 e. The number of rotatable bonds is 2. The summed E-state index contributed by atoms with van der Waals surface area (Å²) in [5.41, 5.74) is 0.00566. The zero-order valence-electron chi connectivity index (χ0n) is 13.9. The Morgan fingerprint density at radius 2 is 1.55 bits per heavy atom. The van der Waals surface area contributed by atoms with Crippen LogP contribution >= 0.6 is 12.4 Å². The Balaban J connectivity index is 0.00000176. The van der Waals surface area contributed by atoms with Crippen LogP contribution in [-0.2, 0) is 9.53 Å². The molecule has 1 N–H and O–H groups in total. The smallest absolute Gasteiger partial charge is 0.254 e. The summed E-state index contributed by atoms with van der Waals surface area (Å²) in [6.45, 7) is 3.66. The van der Waals surface area contributed by atoms with E-state index in [9.17, 15) is 4.79 Å². The van der Waals surface area contributed by atoms with Crippen molar-refractivity contribution in [1.29, 1.82) is 0 Å². The molecule has 0 bridgehead atoms. The first-order valence-electron chi connectivity index (χ1n) is 8.75. The highest BCUT2D eigenvalue weighted by atomic mass is 35.5. The highest BCUT2D eigenvalue weighted by Gasteiger charge is 2.45. The third-order valence-electron chi connectivity index (χ3n) is 6.22. The minimum Gasteiger partial charge on any atom is -0.368 e. The third-order valence-corrected chi connectivity index (χ3v) is 6.22. The summed E-state index contributed by atoms with van der Waals surface area (Å²) in [6.07, 6.45) is 11.0. The minimum atomic E-state index is -0.553. The van der Waals surface area contributed by atoms with E-state index in [-0.39, 0.29) is 18.3 Å². The number of piperidine rings is 2. The van der Waals surface area contributed by atoms with Crippen LogP contribution in [0.1, 0.15) is 57.8 Å². The molecule has 3 fully saturated rings. The van der Waals surface area contributed by atoms with Crippen LogP contribution in [0.2, 0.25) is 0 Å². The Bertz CT molecular complexity index is 367. The van der Waals surface area contributed by atoms with Crippen LogP contribution in [0.15, 0.2) is 0 Å². The van der Waals surface area contributed by atoms with Gasteiger partial charge in [-0.1, -0.05) is 19.3 Å². The molecule has 2 heterocycles. The normalized spacial score (nSPS) is 27.2. The number of ether oxygens (including phenoxy) is 1. The molecule has 1 aliphatic carbocycles. The van der Waals surface area contributed by atoms with E-state index in [2.05, 4.69) is 10.2 Å². The number of methoxy groups -OCH3 is 1. The van der Waals surface area contributed by atoms with Gasteiger partial charge in [0.2, 0.25) is 0 Å². The zero-order valence-corrected chi connectivity index (χ0v) is 14.7. The Morgan fingerprint density at radius 1 is 0.955 bits per heavy atom. The van der Waals surface area contributed by atoms with Gasteiger partial charge in [-0.05, 0) is 57.0 Å². The van der Waals surface area contributed by atoms with Crippen molar-refractivity contribution in [3.8, 4) is 0 Å². The van der Waals surface area contributed by atoms with Crippen molar-refractivity contribution in [2.75, 3.05) is 33.3 Å². The van der Waals surface area contributed by atoms with Gasteiger partial charge in [-0.2, -0.15) is 0 Å². The van der Waals surface area contributed by atoms with Gasteiger partial charge in [0.05, 0.1) is 0 Å². The van der Waals surface area contributed by atoms with Crippen LogP contribution in [0.3, 0.4) is 0 Å². The predicted molar refractivity (Wildman–Crippen MR) is 90.4 cm³/mol. The van der Waals surface area contributed by atoms with E-state index < -0.39 is 5.60 Å². The van der Waals surface area contributed by atoms with Gasteiger partial charge in [-0.15, -0.1) is 12.4 Å². The maximum atomic E-state index is 13.0. The lowest BCUT2D eigenvalue weighted by Gasteiger charge is -2.47. The molecule has 2 saturated heterocycles. The fourth-order valence-electron chi connectivity index (χ4n) is 4.61. The molecule has 1 spiro atoms. The molecule has 128 valence electrons. The van der Waals surface area contributed by atoms with Gasteiger partial charge in [0, 0.05) is 20.2 Å². The van der Waals surface area contributed by atoms with Crippen molar-refractivity contribution in [1.82, 2.24) is 10.2 Å². The summed E-state index contributed by atoms with van der Waals surface area (Å²) in [5.74, 6) is 0.247. The predicted octanol–water partition coefficient (Wildman–Crippen LogP) is 2.75. The zero-order chi connectivity index (χ0) is 14.8. The summed E-state index contributed by atoms with van der Waals surface area (Å²) < 4.78 is 5.70. The molecular formula is C17H31ClN2O2. The minimum absolute atomic E-state index is 0. The van der Waals surface area contributed by atoms with Gasteiger partial charge in [0.15, 0.2) is 0 Å². The molecule has 0 aromatic carbocycles. The van der Waals surface area contributed by atoms with Crippen molar-refractivity contribution in [2.24, 2.45) is 5.41 Å². The van der Waals surface area contributed by atoms with Gasteiger partial charge in [-0.25, -0.2) is 0 Å². The van der Waals surface area contributed by atoms with E-state index in [0.717, 1.165) is 39.0 Å². The lowest BCUT2D eigenvalue weighted by Crippen LogP contribution is -2.57. The molecule has 1 saturated carbocycles. The van der Waals surface area contributed by atoms with Gasteiger partial charge >= 0.3 is 0 Å². The first kappa shape index (κ1) is 18.0. The van der Waals surface area contributed by atoms with Crippen LogP contribution in [0.25, 0.3) is 0 Å². The molecule has 3 aliphatic rings. The number of hydrogen-bond donors (Lipinski definition) is 1. The fourth-order valence-corrected chi connectivity index (χ4v) is 4.61. The highest BCUT2D eigenvalue weighted by Crippen LogP contribution is 2.45. The van der Waals surface area contributed by atoms with Crippen molar-refractivity contribution < 1.29 is 9.53 Å². The summed E-state index contributed by atoms with van der Waals surface area (Å²) in [7, 11) is 1.70. The first-order valence-corrected chi connectivity index (χ1v) is 8.75. The number of hydrogen-bond acceptors (Lipinski definition) is 3. The summed E-state index contributed by atoms with van der Waals surface area (Å²) in [4.78, 5) is 15.0. The average molecular weight is 331 g/mol. The van der Waals surface area contributed by atoms with E-state index in [0.29, 0.717) is 5.41 Å². The molecule has 0 radical (unpaired) electrons. The van der Waals surface area contributed by atoms with Crippen LogP contribution in [0.5, 0.6) is 0 Å². The SMILES string of the molecule is COC1(C(=O)N2CCC3(CCCCC3)CC2)CCNCC1.Cl. The van der Waals surface area contributed by atoms with E-state index in [1.807, 2.05) is 0 Å². The molecule has 0 unspecified atom stereocenters. The van der Waals surface area contributed by atoms with Crippen molar-refractivity contribution in [3.63, 3.8) is 0 Å². The summed E-state index contributed by atoms with van der Waals surface area (Å²) in [6, 6.07) is 0. The average Bonchev–Trinajstić information content (AvgIpc) is 2.56. The molecule has 22 heavy (non-hydrogen) atoms. The standard InChI is InChI=1S/C17H30N2O2.ClH/c1-21-17(7-11-18-12-8-17)15(20)19-13-9-16(10-14-19)5-3-2-4-6-16;/h18H,2-14H2,1H3;1H. The molecule has 0 atom stereocenters. The van der Waals surface area contributed by atoms with Crippen LogP contribution in [0, 0.1) is 5.41 Å². The Morgan fingerprint density at radius 3 is 2.09 bits per heavy atom. The second kappa shape index (κ2) is 7.50. The summed E-state index contributed by atoms with van der Waals surface area (Å²) in [5, 5.41) is 3.33. The molecule has 3 rings (SSSR count). The highest BCUT2D eigenvalue weighted by molar-refractivity contribution is 5.86. The van der Waals surface area contributed by atoms with Crippen molar-refractivity contribution in [3.05, 3.63) is 0 Å². The van der Waals surface area contributed by atoms with Crippen molar-refractivity contribution >= 4 is 18.3 Å². The second-order valence-corrected chi connectivity index (χ2v) is 7.30. The van der Waals surface area contributed by atoms with Crippen LogP contribution in [0.4, 0.5) is 0 Å². The quantitative estimate of drug-likeness (QED) is 0.846. The number of carbonyl (C=O) groups is 1. The largest absolute Gasteiger partial charge is 0.368 e. The number of amides is 1. The number of nitrogens with one attached hydrogen (secondary N) is 1. The summed E-state index contributed by atoms with van der Waals surface area (Å²) >= 11 is 0. The Hall–Kier alpha value is -0.320.